The Kier molecular flexibility index (Phi) is 6.61. The highest BCUT2D eigenvalue weighted by Gasteiger charge is 2.36. The zero-order valence-electron chi connectivity index (χ0n) is 14.3. The van der Waals surface area contributed by atoms with Crippen molar-refractivity contribution < 1.29 is 19.1 Å². The van der Waals surface area contributed by atoms with Gasteiger partial charge >= 0.3 is 12.0 Å². The summed E-state index contributed by atoms with van der Waals surface area (Å²) in [5.74, 6) is -0.497. The predicted molar refractivity (Wildman–Crippen MR) is 95.2 cm³/mol. The van der Waals surface area contributed by atoms with E-state index in [0.29, 0.717) is 29.4 Å². The summed E-state index contributed by atoms with van der Waals surface area (Å²) in [6, 6.07) is 6.05. The van der Waals surface area contributed by atoms with Crippen molar-refractivity contribution in [1.29, 1.82) is 0 Å². The number of carbonyl (C=O) groups is 2. The number of hydrogen-bond acceptors (Lipinski definition) is 4. The van der Waals surface area contributed by atoms with Gasteiger partial charge in [-0.1, -0.05) is 29.8 Å². The van der Waals surface area contributed by atoms with E-state index in [1.807, 2.05) is 0 Å². The molecule has 1 aromatic carbocycles. The molecule has 2 rings (SSSR count). The normalized spacial score (nSPS) is 17.3. The largest absolute Gasteiger partial charge is 0.460 e. The number of esters is 1. The summed E-state index contributed by atoms with van der Waals surface area (Å²) < 4.78 is 10.2. The molecule has 1 N–H and O–H groups in total. The molecule has 0 unspecified atom stereocenters. The number of nitrogens with one attached hydrogen (secondary N) is 1. The van der Waals surface area contributed by atoms with E-state index < -0.39 is 12.0 Å². The van der Waals surface area contributed by atoms with Crippen LogP contribution in [0.4, 0.5) is 4.79 Å². The first kappa shape index (κ1) is 19.0. The molecular formula is C18H21ClN2O4. The lowest BCUT2D eigenvalue weighted by Gasteiger charge is -2.34. The topological polar surface area (TPSA) is 67.9 Å². The zero-order chi connectivity index (χ0) is 18.4. The van der Waals surface area contributed by atoms with Crippen molar-refractivity contribution >= 4 is 23.6 Å². The fourth-order valence-electron chi connectivity index (χ4n) is 2.60. The molecule has 6 nitrogen and oxygen atoms in total. The van der Waals surface area contributed by atoms with Crippen molar-refractivity contribution in [2.75, 3.05) is 26.9 Å². The first-order chi connectivity index (χ1) is 12.0. The Morgan fingerprint density at radius 3 is 2.64 bits per heavy atom. The summed E-state index contributed by atoms with van der Waals surface area (Å²) in [7, 11) is 1.53. The van der Waals surface area contributed by atoms with Crippen molar-refractivity contribution in [3.63, 3.8) is 0 Å². The van der Waals surface area contributed by atoms with Crippen LogP contribution < -0.4 is 5.32 Å². The van der Waals surface area contributed by atoms with Crippen molar-refractivity contribution in [2.24, 2.45) is 0 Å². The van der Waals surface area contributed by atoms with E-state index in [0.717, 1.165) is 5.56 Å². The van der Waals surface area contributed by atoms with Gasteiger partial charge in [-0.2, -0.15) is 0 Å². The molecule has 0 spiro atoms. The molecule has 25 heavy (non-hydrogen) atoms. The molecule has 1 aliphatic heterocycles. The third-order valence-electron chi connectivity index (χ3n) is 3.85. The number of amides is 2. The van der Waals surface area contributed by atoms with Crippen molar-refractivity contribution in [3.8, 4) is 0 Å². The van der Waals surface area contributed by atoms with E-state index in [2.05, 4.69) is 11.9 Å². The Bertz CT molecular complexity index is 685. The number of nitrogens with zero attached hydrogens (tertiary/aromatic N) is 1. The lowest BCUT2D eigenvalue weighted by Crippen LogP contribution is -2.48. The number of rotatable bonds is 7. The Labute approximate surface area is 152 Å². The molecule has 2 amide bonds. The van der Waals surface area contributed by atoms with Gasteiger partial charge in [-0.15, -0.1) is 6.58 Å². The molecule has 0 radical (unpaired) electrons. The summed E-state index contributed by atoms with van der Waals surface area (Å²) in [6.07, 6.45) is 1.60. The standard InChI is InChI=1S/C18H21ClN2O4/c1-4-9-21-12(2)15(17(22)25-11-10-24-3)16(20-18(21)23)13-5-7-14(19)8-6-13/h4-8,16H,1,9-11H2,2-3H3,(H,20,23)/t16-/m0/s1. The van der Waals surface area contributed by atoms with Crippen LogP contribution in [0, 0.1) is 0 Å². The minimum Gasteiger partial charge on any atom is -0.460 e. The van der Waals surface area contributed by atoms with Crippen LogP contribution in [-0.4, -0.2) is 43.8 Å². The minimum absolute atomic E-state index is 0.134. The number of urea groups is 1. The second-order valence-corrected chi connectivity index (χ2v) is 5.90. The monoisotopic (exact) mass is 364 g/mol. The quantitative estimate of drug-likeness (QED) is 0.458. The van der Waals surface area contributed by atoms with Gasteiger partial charge in [-0.05, 0) is 24.6 Å². The highest BCUT2D eigenvalue weighted by Crippen LogP contribution is 2.31. The number of hydrogen-bond donors (Lipinski definition) is 1. The molecule has 0 fully saturated rings. The van der Waals surface area contributed by atoms with Crippen molar-refractivity contribution in [2.45, 2.75) is 13.0 Å². The number of allylic oxidation sites excluding steroid dienone is 1. The molecule has 134 valence electrons. The third kappa shape index (κ3) is 4.41. The minimum atomic E-state index is -0.610. The van der Waals surface area contributed by atoms with Gasteiger partial charge in [0.2, 0.25) is 0 Å². The zero-order valence-corrected chi connectivity index (χ0v) is 15.0. The Morgan fingerprint density at radius 1 is 1.36 bits per heavy atom. The average Bonchev–Trinajstić information content (AvgIpc) is 2.59. The van der Waals surface area contributed by atoms with Gasteiger partial charge in [0.1, 0.15) is 6.61 Å². The summed E-state index contributed by atoms with van der Waals surface area (Å²) in [5, 5.41) is 3.42. The van der Waals surface area contributed by atoms with Crippen LogP contribution in [0.5, 0.6) is 0 Å². The first-order valence-electron chi connectivity index (χ1n) is 7.80. The van der Waals surface area contributed by atoms with Gasteiger partial charge in [0.25, 0.3) is 0 Å². The van der Waals surface area contributed by atoms with Gasteiger partial charge in [0.15, 0.2) is 0 Å². The second kappa shape index (κ2) is 8.69. The van der Waals surface area contributed by atoms with E-state index in [9.17, 15) is 9.59 Å². The Hall–Kier alpha value is -2.31. The number of methoxy groups -OCH3 is 1. The highest BCUT2D eigenvalue weighted by molar-refractivity contribution is 6.30. The van der Waals surface area contributed by atoms with Gasteiger partial charge in [-0.3, -0.25) is 4.90 Å². The van der Waals surface area contributed by atoms with Crippen LogP contribution in [0.1, 0.15) is 18.5 Å². The fraction of sp³-hybridized carbons (Fsp3) is 0.333. The summed E-state index contributed by atoms with van der Waals surface area (Å²) in [6.45, 7) is 6.09. The molecule has 0 saturated heterocycles. The van der Waals surface area contributed by atoms with Gasteiger partial charge in [0.05, 0.1) is 18.2 Å². The molecule has 7 heteroatoms. The average molecular weight is 365 g/mol. The highest BCUT2D eigenvalue weighted by atomic mass is 35.5. The van der Waals surface area contributed by atoms with E-state index in [1.54, 1.807) is 37.3 Å². The number of benzene rings is 1. The lowest BCUT2D eigenvalue weighted by molar-refractivity contribution is -0.140. The third-order valence-corrected chi connectivity index (χ3v) is 4.10. The second-order valence-electron chi connectivity index (χ2n) is 5.46. The van der Waals surface area contributed by atoms with E-state index in [4.69, 9.17) is 21.1 Å². The molecule has 0 saturated carbocycles. The van der Waals surface area contributed by atoms with E-state index in [1.165, 1.54) is 12.0 Å². The Morgan fingerprint density at radius 2 is 2.04 bits per heavy atom. The van der Waals surface area contributed by atoms with Crippen LogP contribution in [0.15, 0.2) is 48.2 Å². The van der Waals surface area contributed by atoms with Crippen LogP contribution in [0.25, 0.3) is 0 Å². The summed E-state index contributed by atoms with van der Waals surface area (Å²) >= 11 is 5.93. The van der Waals surface area contributed by atoms with Crippen molar-refractivity contribution in [1.82, 2.24) is 10.2 Å². The maximum atomic E-state index is 12.6. The van der Waals surface area contributed by atoms with Crippen LogP contribution in [0.3, 0.4) is 0 Å². The van der Waals surface area contributed by atoms with Gasteiger partial charge in [-0.25, -0.2) is 9.59 Å². The maximum Gasteiger partial charge on any atom is 0.338 e. The molecule has 1 aliphatic rings. The summed E-state index contributed by atoms with van der Waals surface area (Å²) in [4.78, 5) is 26.5. The number of carbonyl (C=O) groups excluding carboxylic acids is 2. The number of halogens is 1. The molecule has 1 aromatic rings. The smallest absolute Gasteiger partial charge is 0.338 e. The van der Waals surface area contributed by atoms with Crippen LogP contribution in [0.2, 0.25) is 5.02 Å². The SMILES string of the molecule is C=CCN1C(=O)N[C@@H](c2ccc(Cl)cc2)C(C(=O)OCCOC)=C1C. The molecule has 1 atom stereocenters. The Balaban J connectivity index is 2.41. The summed E-state index contributed by atoms with van der Waals surface area (Å²) in [5.41, 5.74) is 1.65. The molecule has 0 bridgehead atoms. The molecule has 0 aromatic heterocycles. The van der Waals surface area contributed by atoms with Crippen LogP contribution >= 0.6 is 11.6 Å². The lowest BCUT2D eigenvalue weighted by atomic mass is 9.95. The molecule has 0 aliphatic carbocycles. The van der Waals surface area contributed by atoms with E-state index >= 15 is 0 Å². The predicted octanol–water partition coefficient (Wildman–Crippen LogP) is 3.06. The molecule has 1 heterocycles. The maximum absolute atomic E-state index is 12.6. The van der Waals surface area contributed by atoms with Crippen LogP contribution in [-0.2, 0) is 14.3 Å². The van der Waals surface area contributed by atoms with Crippen molar-refractivity contribution in [3.05, 3.63) is 58.8 Å². The first-order valence-corrected chi connectivity index (χ1v) is 8.18. The number of ether oxygens (including phenoxy) is 2. The van der Waals surface area contributed by atoms with Gasteiger partial charge in [0, 0.05) is 24.4 Å². The van der Waals surface area contributed by atoms with Gasteiger partial charge < -0.3 is 14.8 Å². The van der Waals surface area contributed by atoms with E-state index in [-0.39, 0.29) is 12.6 Å². The molecular weight excluding hydrogens is 344 g/mol. The fourth-order valence-corrected chi connectivity index (χ4v) is 2.72.